The average Bonchev–Trinajstić information content (AvgIpc) is 2.63. The van der Waals surface area contributed by atoms with Crippen LogP contribution in [-0.4, -0.2) is 25.8 Å². The van der Waals surface area contributed by atoms with E-state index in [2.05, 4.69) is 5.32 Å². The number of benzene rings is 2. The molecule has 0 saturated carbocycles. The monoisotopic (exact) mass is 362 g/mol. The molecule has 0 amide bonds. The van der Waals surface area contributed by atoms with Gasteiger partial charge in [-0.1, -0.05) is 30.7 Å². The molecular formula is C19H23FN2O2S. The quantitative estimate of drug-likeness (QED) is 0.858. The Morgan fingerprint density at radius 3 is 2.28 bits per heavy atom. The normalized spacial score (nSPS) is 16.0. The van der Waals surface area contributed by atoms with Gasteiger partial charge in [-0.15, -0.1) is 0 Å². The number of nitrogens with zero attached hydrogens (tertiary/aromatic N) is 1. The molecule has 2 aromatic rings. The zero-order valence-corrected chi connectivity index (χ0v) is 14.9. The Hall–Kier alpha value is -1.76. The fourth-order valence-electron chi connectivity index (χ4n) is 3.03. The van der Waals surface area contributed by atoms with Gasteiger partial charge in [0.15, 0.2) is 0 Å². The topological polar surface area (TPSA) is 49.4 Å². The summed E-state index contributed by atoms with van der Waals surface area (Å²) in [5, 5.41) is 3.24. The number of hydrogen-bond donors (Lipinski definition) is 1. The Labute approximate surface area is 148 Å². The molecule has 4 nitrogen and oxygen atoms in total. The standard InChI is InChI=1S/C19H23FN2O2S/c20-18-6-4-5-17(13-18)15-21-14-16-7-9-19(10-8-16)25(23,24)22-11-2-1-3-12-22/h4-10,13,21H,1-3,11-12,14-15H2. The molecule has 0 spiro atoms. The number of rotatable bonds is 6. The van der Waals surface area contributed by atoms with Crippen molar-refractivity contribution in [1.82, 2.24) is 9.62 Å². The van der Waals surface area contributed by atoms with E-state index in [0.717, 1.165) is 30.4 Å². The van der Waals surface area contributed by atoms with Crippen LogP contribution >= 0.6 is 0 Å². The molecule has 1 aliphatic rings. The van der Waals surface area contributed by atoms with Gasteiger partial charge in [-0.05, 0) is 48.2 Å². The first-order valence-corrected chi connectivity index (χ1v) is 10.0. The Kier molecular flexibility index (Phi) is 5.83. The van der Waals surface area contributed by atoms with E-state index in [4.69, 9.17) is 0 Å². The van der Waals surface area contributed by atoms with Crippen LogP contribution in [0.3, 0.4) is 0 Å². The summed E-state index contributed by atoms with van der Waals surface area (Å²) in [6.07, 6.45) is 2.96. The van der Waals surface area contributed by atoms with Gasteiger partial charge in [0.25, 0.3) is 0 Å². The molecule has 1 saturated heterocycles. The summed E-state index contributed by atoms with van der Waals surface area (Å²) in [5.41, 5.74) is 1.87. The van der Waals surface area contributed by atoms with Crippen molar-refractivity contribution < 1.29 is 12.8 Å². The summed E-state index contributed by atoms with van der Waals surface area (Å²) in [6, 6.07) is 13.5. The number of piperidine rings is 1. The van der Waals surface area contributed by atoms with Gasteiger partial charge in [0.2, 0.25) is 10.0 Å². The van der Waals surface area contributed by atoms with Crippen LogP contribution in [0.2, 0.25) is 0 Å². The van der Waals surface area contributed by atoms with Gasteiger partial charge in [0.05, 0.1) is 4.90 Å². The van der Waals surface area contributed by atoms with E-state index in [0.29, 0.717) is 31.1 Å². The molecule has 134 valence electrons. The summed E-state index contributed by atoms with van der Waals surface area (Å²) in [4.78, 5) is 0.350. The maximum absolute atomic E-state index is 13.1. The molecule has 1 aliphatic heterocycles. The lowest BCUT2D eigenvalue weighted by Crippen LogP contribution is -2.35. The van der Waals surface area contributed by atoms with Crippen LogP contribution in [0.4, 0.5) is 4.39 Å². The fourth-order valence-corrected chi connectivity index (χ4v) is 4.55. The molecule has 3 rings (SSSR count). The molecule has 6 heteroatoms. The highest BCUT2D eigenvalue weighted by Crippen LogP contribution is 2.20. The van der Waals surface area contributed by atoms with Crippen molar-refractivity contribution in [2.45, 2.75) is 37.2 Å². The molecule has 1 N–H and O–H groups in total. The second-order valence-corrected chi connectivity index (χ2v) is 8.28. The third-order valence-corrected chi connectivity index (χ3v) is 6.34. The van der Waals surface area contributed by atoms with Gasteiger partial charge in [-0.3, -0.25) is 0 Å². The van der Waals surface area contributed by atoms with Crippen molar-refractivity contribution in [3.63, 3.8) is 0 Å². The van der Waals surface area contributed by atoms with Crippen LogP contribution in [0, 0.1) is 5.82 Å². The van der Waals surface area contributed by atoms with Crippen LogP contribution < -0.4 is 5.32 Å². The van der Waals surface area contributed by atoms with Gasteiger partial charge in [0.1, 0.15) is 5.82 Å². The highest BCUT2D eigenvalue weighted by Gasteiger charge is 2.25. The molecular weight excluding hydrogens is 339 g/mol. The van der Waals surface area contributed by atoms with Crippen molar-refractivity contribution in [3.8, 4) is 0 Å². The van der Waals surface area contributed by atoms with Crippen LogP contribution in [0.15, 0.2) is 53.4 Å². The summed E-state index contributed by atoms with van der Waals surface area (Å²) in [7, 11) is -3.38. The van der Waals surface area contributed by atoms with E-state index in [1.165, 1.54) is 12.1 Å². The average molecular weight is 362 g/mol. The minimum absolute atomic E-state index is 0.244. The first-order chi connectivity index (χ1) is 12.1. The maximum Gasteiger partial charge on any atom is 0.243 e. The fraction of sp³-hybridized carbons (Fsp3) is 0.368. The third-order valence-electron chi connectivity index (χ3n) is 4.42. The lowest BCUT2D eigenvalue weighted by Gasteiger charge is -2.25. The van der Waals surface area contributed by atoms with Crippen LogP contribution in [-0.2, 0) is 23.1 Å². The predicted octanol–water partition coefficient (Wildman–Crippen LogP) is 3.29. The summed E-state index contributed by atoms with van der Waals surface area (Å²) in [6.45, 7) is 2.38. The van der Waals surface area contributed by atoms with Gasteiger partial charge < -0.3 is 5.32 Å². The molecule has 0 unspecified atom stereocenters. The largest absolute Gasteiger partial charge is 0.309 e. The van der Waals surface area contributed by atoms with Gasteiger partial charge in [-0.2, -0.15) is 4.31 Å². The Morgan fingerprint density at radius 2 is 1.60 bits per heavy atom. The SMILES string of the molecule is O=S(=O)(c1ccc(CNCc2cccc(F)c2)cc1)N1CCCCC1. The molecule has 0 bridgehead atoms. The van der Waals surface area contributed by atoms with E-state index >= 15 is 0 Å². The van der Waals surface area contributed by atoms with Crippen molar-refractivity contribution in [2.24, 2.45) is 0 Å². The van der Waals surface area contributed by atoms with E-state index in [1.807, 2.05) is 18.2 Å². The molecule has 1 fully saturated rings. The summed E-state index contributed by atoms with van der Waals surface area (Å²) >= 11 is 0. The van der Waals surface area contributed by atoms with E-state index in [1.54, 1.807) is 22.5 Å². The van der Waals surface area contributed by atoms with Crippen molar-refractivity contribution in [3.05, 3.63) is 65.5 Å². The second-order valence-electron chi connectivity index (χ2n) is 6.34. The Bertz CT molecular complexity index is 800. The number of sulfonamides is 1. The molecule has 25 heavy (non-hydrogen) atoms. The van der Waals surface area contributed by atoms with Gasteiger partial charge in [-0.25, -0.2) is 12.8 Å². The van der Waals surface area contributed by atoms with Crippen LogP contribution in [0.5, 0.6) is 0 Å². The number of hydrogen-bond acceptors (Lipinski definition) is 3. The molecule has 0 aliphatic carbocycles. The molecule has 0 aromatic heterocycles. The highest BCUT2D eigenvalue weighted by atomic mass is 32.2. The maximum atomic E-state index is 13.1. The Morgan fingerprint density at radius 1 is 0.920 bits per heavy atom. The van der Waals surface area contributed by atoms with Crippen LogP contribution in [0.25, 0.3) is 0 Å². The lowest BCUT2D eigenvalue weighted by molar-refractivity contribution is 0.346. The number of halogens is 1. The number of nitrogens with one attached hydrogen (secondary N) is 1. The predicted molar refractivity (Wildman–Crippen MR) is 96.0 cm³/mol. The zero-order chi connectivity index (χ0) is 17.7. The Balaban J connectivity index is 1.58. The zero-order valence-electron chi connectivity index (χ0n) is 14.1. The molecule has 1 heterocycles. The van der Waals surface area contributed by atoms with E-state index < -0.39 is 10.0 Å². The van der Waals surface area contributed by atoms with Crippen molar-refractivity contribution in [1.29, 1.82) is 0 Å². The van der Waals surface area contributed by atoms with E-state index in [-0.39, 0.29) is 5.82 Å². The second kappa shape index (κ2) is 8.08. The summed E-state index contributed by atoms with van der Waals surface area (Å²) < 4.78 is 39.9. The van der Waals surface area contributed by atoms with Crippen molar-refractivity contribution >= 4 is 10.0 Å². The first-order valence-electron chi connectivity index (χ1n) is 8.60. The van der Waals surface area contributed by atoms with Crippen LogP contribution in [0.1, 0.15) is 30.4 Å². The van der Waals surface area contributed by atoms with Crippen molar-refractivity contribution in [2.75, 3.05) is 13.1 Å². The smallest absolute Gasteiger partial charge is 0.243 e. The van der Waals surface area contributed by atoms with Gasteiger partial charge in [0, 0.05) is 26.2 Å². The highest BCUT2D eigenvalue weighted by molar-refractivity contribution is 7.89. The lowest BCUT2D eigenvalue weighted by atomic mass is 10.2. The van der Waals surface area contributed by atoms with E-state index in [9.17, 15) is 12.8 Å². The minimum atomic E-state index is -3.38. The first kappa shape index (κ1) is 18.0. The third kappa shape index (κ3) is 4.66. The van der Waals surface area contributed by atoms with Gasteiger partial charge >= 0.3 is 0 Å². The summed E-state index contributed by atoms with van der Waals surface area (Å²) in [5.74, 6) is -0.244. The molecule has 2 aromatic carbocycles. The molecule has 0 radical (unpaired) electrons. The molecule has 0 atom stereocenters. The minimum Gasteiger partial charge on any atom is -0.309 e.